The Morgan fingerprint density at radius 1 is 1.11 bits per heavy atom. The summed E-state index contributed by atoms with van der Waals surface area (Å²) in [6.07, 6.45) is 0.223. The fraction of sp³-hybridized carbons (Fsp3) is 0.278. The molecular weight excluding hydrogens is 406 g/mol. The van der Waals surface area contributed by atoms with E-state index >= 15 is 0 Å². The minimum absolute atomic E-state index is 0.0472. The third-order valence-electron chi connectivity index (χ3n) is 4.20. The molecule has 3 rings (SSSR count). The summed E-state index contributed by atoms with van der Waals surface area (Å²) in [5, 5.41) is 0. The van der Waals surface area contributed by atoms with Gasteiger partial charge in [0, 0.05) is 6.04 Å². The minimum Gasteiger partial charge on any atom is -0.497 e. The Balaban J connectivity index is 1.74. The molecule has 1 N–H and O–H groups in total. The number of hydrogen-bond acceptors (Lipinski definition) is 7. The van der Waals surface area contributed by atoms with Crippen molar-refractivity contribution >= 4 is 25.8 Å². The Bertz CT molecular complexity index is 1080. The summed E-state index contributed by atoms with van der Waals surface area (Å²) in [4.78, 5) is 12.2. The lowest BCUT2D eigenvalue weighted by molar-refractivity contribution is 0.0734. The van der Waals surface area contributed by atoms with Crippen LogP contribution in [0.1, 0.15) is 16.8 Å². The molecule has 10 heteroatoms. The van der Waals surface area contributed by atoms with Crippen molar-refractivity contribution in [3.63, 3.8) is 0 Å². The molecule has 0 aromatic heterocycles. The predicted molar refractivity (Wildman–Crippen MR) is 102 cm³/mol. The van der Waals surface area contributed by atoms with Crippen molar-refractivity contribution in [2.24, 2.45) is 0 Å². The van der Waals surface area contributed by atoms with Crippen LogP contribution in [0.4, 0.5) is 0 Å². The van der Waals surface area contributed by atoms with E-state index in [9.17, 15) is 21.6 Å². The van der Waals surface area contributed by atoms with E-state index in [-0.39, 0.29) is 34.1 Å². The first kappa shape index (κ1) is 20.3. The highest BCUT2D eigenvalue weighted by atomic mass is 32.2. The lowest BCUT2D eigenvalue weighted by Gasteiger charge is -2.12. The smallest absolute Gasteiger partial charge is 0.343 e. The molecule has 1 saturated heterocycles. The first-order valence-electron chi connectivity index (χ1n) is 8.37. The number of ether oxygens (including phenoxy) is 2. The van der Waals surface area contributed by atoms with Gasteiger partial charge in [0.1, 0.15) is 11.5 Å². The van der Waals surface area contributed by atoms with Gasteiger partial charge in [-0.2, -0.15) is 0 Å². The van der Waals surface area contributed by atoms with E-state index in [0.717, 1.165) is 0 Å². The molecule has 1 aliphatic heterocycles. The number of sulfonamides is 1. The van der Waals surface area contributed by atoms with Crippen LogP contribution in [0.15, 0.2) is 53.4 Å². The van der Waals surface area contributed by atoms with E-state index in [1.165, 1.54) is 31.4 Å². The maximum atomic E-state index is 12.5. The van der Waals surface area contributed by atoms with Gasteiger partial charge < -0.3 is 9.47 Å². The number of methoxy groups -OCH3 is 1. The average molecular weight is 425 g/mol. The van der Waals surface area contributed by atoms with Gasteiger partial charge in [-0.3, -0.25) is 0 Å². The Hall–Kier alpha value is -2.43. The second-order valence-electron chi connectivity index (χ2n) is 6.31. The first-order chi connectivity index (χ1) is 13.2. The Labute approximate surface area is 163 Å². The lowest BCUT2D eigenvalue weighted by Crippen LogP contribution is -2.35. The molecule has 0 saturated carbocycles. The lowest BCUT2D eigenvalue weighted by atomic mass is 10.2. The van der Waals surface area contributed by atoms with Crippen LogP contribution in [0, 0.1) is 0 Å². The normalized spacial score (nSPS) is 18.5. The summed E-state index contributed by atoms with van der Waals surface area (Å²) in [5.74, 6) is -0.105. The predicted octanol–water partition coefficient (Wildman–Crippen LogP) is 1.38. The maximum Gasteiger partial charge on any atom is 0.343 e. The molecular formula is C18H19NO7S2. The molecule has 0 bridgehead atoms. The Morgan fingerprint density at radius 3 is 2.39 bits per heavy atom. The molecule has 1 aliphatic rings. The van der Waals surface area contributed by atoms with Gasteiger partial charge in [-0.1, -0.05) is 6.07 Å². The SMILES string of the molecule is COc1ccc(OC(=O)c2cccc(S(=O)(=O)N[C@H]3CCS(=O)(=O)C3)c2)cc1. The second-order valence-corrected chi connectivity index (χ2v) is 10.3. The van der Waals surface area contributed by atoms with Crippen LogP contribution in [0.3, 0.4) is 0 Å². The van der Waals surface area contributed by atoms with Gasteiger partial charge >= 0.3 is 5.97 Å². The van der Waals surface area contributed by atoms with Gasteiger partial charge in [0.2, 0.25) is 10.0 Å². The number of carbonyl (C=O) groups is 1. The highest BCUT2D eigenvalue weighted by Crippen LogP contribution is 2.20. The number of carbonyl (C=O) groups excluding carboxylic acids is 1. The van der Waals surface area contributed by atoms with E-state index in [1.54, 1.807) is 24.3 Å². The zero-order valence-electron chi connectivity index (χ0n) is 15.0. The van der Waals surface area contributed by atoms with Gasteiger partial charge in [-0.15, -0.1) is 0 Å². The van der Waals surface area contributed by atoms with E-state index < -0.39 is 31.9 Å². The van der Waals surface area contributed by atoms with E-state index in [1.807, 2.05) is 0 Å². The number of esters is 1. The van der Waals surface area contributed by atoms with Crippen molar-refractivity contribution in [2.75, 3.05) is 18.6 Å². The van der Waals surface area contributed by atoms with Crippen LogP contribution in [0.5, 0.6) is 11.5 Å². The third-order valence-corrected chi connectivity index (χ3v) is 7.49. The van der Waals surface area contributed by atoms with Crippen LogP contribution in [-0.4, -0.2) is 47.5 Å². The zero-order valence-corrected chi connectivity index (χ0v) is 16.6. The average Bonchev–Trinajstić information content (AvgIpc) is 3.00. The van der Waals surface area contributed by atoms with E-state index in [0.29, 0.717) is 5.75 Å². The summed E-state index contributed by atoms with van der Waals surface area (Å²) < 4.78 is 60.7. The van der Waals surface area contributed by atoms with Crippen molar-refractivity contribution in [3.8, 4) is 11.5 Å². The summed E-state index contributed by atoms with van der Waals surface area (Å²) in [5.41, 5.74) is 0.0535. The monoisotopic (exact) mass is 425 g/mol. The molecule has 0 radical (unpaired) electrons. The van der Waals surface area contributed by atoms with Crippen molar-refractivity contribution < 1.29 is 31.1 Å². The first-order valence-corrected chi connectivity index (χ1v) is 11.7. The number of hydrogen-bond donors (Lipinski definition) is 1. The van der Waals surface area contributed by atoms with Gasteiger partial charge in [0.15, 0.2) is 9.84 Å². The molecule has 150 valence electrons. The Kier molecular flexibility index (Phi) is 5.73. The largest absolute Gasteiger partial charge is 0.497 e. The van der Waals surface area contributed by atoms with Crippen molar-refractivity contribution in [1.29, 1.82) is 0 Å². The fourth-order valence-electron chi connectivity index (χ4n) is 2.78. The topological polar surface area (TPSA) is 116 Å². The summed E-state index contributed by atoms with van der Waals surface area (Å²) in [6.45, 7) is 0. The second kappa shape index (κ2) is 7.90. The standard InChI is InChI=1S/C18H19NO7S2/c1-25-15-5-7-16(8-6-15)26-18(20)13-3-2-4-17(11-13)28(23,24)19-14-9-10-27(21,22)12-14/h2-8,11,14,19H,9-10,12H2,1H3/t14-/m0/s1. The van der Waals surface area contributed by atoms with Crippen molar-refractivity contribution in [2.45, 2.75) is 17.4 Å². The van der Waals surface area contributed by atoms with Crippen LogP contribution in [0.25, 0.3) is 0 Å². The van der Waals surface area contributed by atoms with E-state index in [2.05, 4.69) is 4.72 Å². The molecule has 2 aromatic carbocycles. The molecule has 1 fully saturated rings. The minimum atomic E-state index is -3.97. The molecule has 0 spiro atoms. The number of nitrogens with one attached hydrogen (secondary N) is 1. The highest BCUT2D eigenvalue weighted by molar-refractivity contribution is 7.92. The molecule has 2 aromatic rings. The molecule has 1 heterocycles. The van der Waals surface area contributed by atoms with Crippen LogP contribution >= 0.6 is 0 Å². The molecule has 1 atom stereocenters. The summed E-state index contributed by atoms with van der Waals surface area (Å²) in [7, 11) is -5.68. The number of sulfone groups is 1. The molecule has 0 unspecified atom stereocenters. The molecule has 8 nitrogen and oxygen atoms in total. The van der Waals surface area contributed by atoms with Gasteiger partial charge in [0.25, 0.3) is 0 Å². The zero-order chi connectivity index (χ0) is 20.4. The van der Waals surface area contributed by atoms with Crippen LogP contribution in [0.2, 0.25) is 0 Å². The van der Waals surface area contributed by atoms with Gasteiger partial charge in [-0.25, -0.2) is 26.4 Å². The summed E-state index contributed by atoms with van der Waals surface area (Å²) >= 11 is 0. The maximum absolute atomic E-state index is 12.5. The quantitative estimate of drug-likeness (QED) is 0.549. The highest BCUT2D eigenvalue weighted by Gasteiger charge is 2.31. The number of benzene rings is 2. The van der Waals surface area contributed by atoms with Crippen LogP contribution in [-0.2, 0) is 19.9 Å². The van der Waals surface area contributed by atoms with Gasteiger partial charge in [0.05, 0.1) is 29.1 Å². The van der Waals surface area contributed by atoms with Crippen LogP contribution < -0.4 is 14.2 Å². The van der Waals surface area contributed by atoms with Gasteiger partial charge in [-0.05, 0) is 48.9 Å². The summed E-state index contributed by atoms with van der Waals surface area (Å²) in [6, 6.07) is 11.1. The molecule has 28 heavy (non-hydrogen) atoms. The third kappa shape index (κ3) is 4.89. The Morgan fingerprint density at radius 2 is 1.79 bits per heavy atom. The van der Waals surface area contributed by atoms with Crippen molar-refractivity contribution in [1.82, 2.24) is 4.72 Å². The fourth-order valence-corrected chi connectivity index (χ4v) is 5.87. The molecule has 0 amide bonds. The number of rotatable bonds is 6. The molecule has 0 aliphatic carbocycles. The van der Waals surface area contributed by atoms with E-state index in [4.69, 9.17) is 9.47 Å². The van der Waals surface area contributed by atoms with Crippen molar-refractivity contribution in [3.05, 3.63) is 54.1 Å².